The normalized spacial score (nSPS) is 13.5. The van der Waals surface area contributed by atoms with Crippen LogP contribution in [0.25, 0.3) is 0 Å². The number of halogens is 4. The molecule has 0 aliphatic carbocycles. The quantitative estimate of drug-likeness (QED) is 0.267. The van der Waals surface area contributed by atoms with Gasteiger partial charge in [0.25, 0.3) is 5.91 Å². The molecule has 0 saturated heterocycles. The third kappa shape index (κ3) is 6.26. The van der Waals surface area contributed by atoms with Crippen molar-refractivity contribution in [1.29, 1.82) is 0 Å². The number of nitrogens with zero attached hydrogens (tertiary/aromatic N) is 3. The van der Waals surface area contributed by atoms with Crippen molar-refractivity contribution < 1.29 is 27.1 Å². The maximum atomic E-state index is 13.8. The number of anilines is 4. The van der Waals surface area contributed by atoms with Gasteiger partial charge in [-0.05, 0) is 41.3 Å². The number of rotatable bonds is 9. The monoisotopic (exact) mass is 596 g/mol. The van der Waals surface area contributed by atoms with Crippen molar-refractivity contribution in [3.8, 4) is 0 Å². The summed E-state index contributed by atoms with van der Waals surface area (Å²) >= 11 is 3.40. The lowest BCUT2D eigenvalue weighted by molar-refractivity contribution is -0.137. The Kier molecular flexibility index (Phi) is 8.11. The lowest BCUT2D eigenvalue weighted by Gasteiger charge is -2.16. The molecule has 2 heterocycles. The predicted molar refractivity (Wildman–Crippen MR) is 138 cm³/mol. The first-order chi connectivity index (χ1) is 17.6. The number of carbonyl (C=O) groups is 1. The molecule has 1 amide bonds. The summed E-state index contributed by atoms with van der Waals surface area (Å²) in [5.74, 6) is -0.834. The summed E-state index contributed by atoms with van der Waals surface area (Å²) in [6, 6.07) is 10.3. The van der Waals surface area contributed by atoms with Gasteiger partial charge in [-0.1, -0.05) is 28.1 Å². The second kappa shape index (κ2) is 11.1. The van der Waals surface area contributed by atoms with Crippen LogP contribution in [-0.2, 0) is 28.2 Å². The number of amides is 1. The second-order valence-electron chi connectivity index (χ2n) is 8.23. The molecule has 37 heavy (non-hydrogen) atoms. The third-order valence-corrected chi connectivity index (χ3v) is 7.50. The van der Waals surface area contributed by atoms with Crippen LogP contribution in [0.4, 0.5) is 36.3 Å². The van der Waals surface area contributed by atoms with Crippen LogP contribution in [0.2, 0.25) is 0 Å². The Hall–Kier alpha value is -3.08. The highest BCUT2D eigenvalue weighted by Gasteiger charge is 2.36. The van der Waals surface area contributed by atoms with Gasteiger partial charge in [0.2, 0.25) is 5.95 Å². The van der Waals surface area contributed by atoms with E-state index in [-0.39, 0.29) is 17.5 Å². The van der Waals surface area contributed by atoms with Crippen LogP contribution in [0.5, 0.6) is 0 Å². The molecule has 1 aliphatic heterocycles. The molecule has 1 aliphatic rings. The molecule has 0 radical (unpaired) electrons. The van der Waals surface area contributed by atoms with Crippen LogP contribution in [-0.4, -0.2) is 40.6 Å². The van der Waals surface area contributed by atoms with E-state index in [1.807, 2.05) is 12.1 Å². The Bertz CT molecular complexity index is 1340. The number of hydrogen-bond donors (Lipinski definition) is 2. The Balaban J connectivity index is 1.58. The lowest BCUT2D eigenvalue weighted by atomic mass is 10.1. The van der Waals surface area contributed by atoms with Crippen molar-refractivity contribution in [2.75, 3.05) is 30.5 Å². The van der Waals surface area contributed by atoms with Crippen LogP contribution < -0.4 is 10.6 Å². The first-order valence-electron chi connectivity index (χ1n) is 11.3. The molecule has 8 nitrogen and oxygen atoms in total. The summed E-state index contributed by atoms with van der Waals surface area (Å²) in [5, 5.41) is 5.62. The van der Waals surface area contributed by atoms with Crippen LogP contribution in [0, 0.1) is 0 Å². The van der Waals surface area contributed by atoms with E-state index in [0.717, 1.165) is 5.56 Å². The molecular weight excluding hydrogens is 574 g/mol. The molecule has 3 aromatic rings. The average molecular weight is 597 g/mol. The number of aromatic nitrogens is 2. The second-order valence-corrected chi connectivity index (χ2v) is 10.5. The van der Waals surface area contributed by atoms with Gasteiger partial charge < -0.3 is 15.5 Å². The highest BCUT2D eigenvalue weighted by atomic mass is 79.9. The minimum atomic E-state index is -4.72. The Morgan fingerprint density at radius 1 is 1.16 bits per heavy atom. The molecular formula is C24H23BrF3N5O3P+. The molecule has 13 heteroatoms. The molecule has 0 spiro atoms. The van der Waals surface area contributed by atoms with Crippen LogP contribution in [0.3, 0.4) is 0 Å². The summed E-state index contributed by atoms with van der Waals surface area (Å²) < 4.78 is 58.7. The van der Waals surface area contributed by atoms with Gasteiger partial charge in [0.1, 0.15) is 11.4 Å². The fourth-order valence-electron chi connectivity index (χ4n) is 3.81. The largest absolute Gasteiger partial charge is 0.508 e. The van der Waals surface area contributed by atoms with Gasteiger partial charge in [-0.15, -0.1) is 4.52 Å². The van der Waals surface area contributed by atoms with E-state index in [9.17, 15) is 22.5 Å². The SMILES string of the molecule is CCO[P+](=O)CCc1ccc(Nc2ncc(C(F)(F)F)c(Nc3ccc(Br)c4c3C(=O)N(C)C4)n2)cc1. The number of fused-ring (bicyclic) bond motifs is 1. The zero-order valence-corrected chi connectivity index (χ0v) is 22.4. The number of nitrogens with one attached hydrogen (secondary N) is 2. The zero-order valence-electron chi connectivity index (χ0n) is 19.9. The van der Waals surface area contributed by atoms with Crippen molar-refractivity contribution >= 4 is 53.0 Å². The van der Waals surface area contributed by atoms with E-state index in [1.165, 1.54) is 11.0 Å². The van der Waals surface area contributed by atoms with Crippen molar-refractivity contribution in [3.63, 3.8) is 0 Å². The van der Waals surface area contributed by atoms with Crippen LogP contribution in [0.15, 0.2) is 47.1 Å². The van der Waals surface area contributed by atoms with E-state index in [1.54, 1.807) is 32.2 Å². The van der Waals surface area contributed by atoms with E-state index < -0.39 is 25.6 Å². The number of aryl methyl sites for hydroxylation is 1. The van der Waals surface area contributed by atoms with Crippen molar-refractivity contribution in [2.45, 2.75) is 26.1 Å². The highest BCUT2D eigenvalue weighted by Crippen LogP contribution is 2.39. The Morgan fingerprint density at radius 2 is 1.89 bits per heavy atom. The predicted octanol–water partition coefficient (Wildman–Crippen LogP) is 6.65. The molecule has 0 fully saturated rings. The lowest BCUT2D eigenvalue weighted by Crippen LogP contribution is -2.18. The van der Waals surface area contributed by atoms with Gasteiger partial charge in [-0.25, -0.2) is 4.98 Å². The Morgan fingerprint density at radius 3 is 2.57 bits per heavy atom. The maximum Gasteiger partial charge on any atom is 0.508 e. The van der Waals surface area contributed by atoms with Gasteiger partial charge in [-0.3, -0.25) is 4.79 Å². The summed E-state index contributed by atoms with van der Waals surface area (Å²) in [5.41, 5.74) is 1.63. The van der Waals surface area contributed by atoms with Gasteiger partial charge in [0, 0.05) is 41.9 Å². The van der Waals surface area contributed by atoms with E-state index in [4.69, 9.17) is 4.52 Å². The average Bonchev–Trinajstić information content (AvgIpc) is 3.15. The molecule has 2 aromatic carbocycles. The topological polar surface area (TPSA) is 96.4 Å². The van der Waals surface area contributed by atoms with E-state index in [0.29, 0.717) is 53.2 Å². The summed E-state index contributed by atoms with van der Waals surface area (Å²) in [4.78, 5) is 22.1. The number of alkyl halides is 3. The minimum Gasteiger partial charge on any atom is -0.339 e. The fraction of sp³-hybridized carbons (Fsp3) is 0.292. The zero-order chi connectivity index (χ0) is 26.7. The number of carbonyl (C=O) groups excluding carboxylic acids is 1. The van der Waals surface area contributed by atoms with Crippen molar-refractivity contribution in [1.82, 2.24) is 14.9 Å². The van der Waals surface area contributed by atoms with Gasteiger partial charge in [0.05, 0.1) is 17.9 Å². The maximum absolute atomic E-state index is 13.8. The third-order valence-electron chi connectivity index (χ3n) is 5.63. The smallest absolute Gasteiger partial charge is 0.339 e. The first kappa shape index (κ1) is 27.0. The molecule has 0 bridgehead atoms. The van der Waals surface area contributed by atoms with Gasteiger partial charge >= 0.3 is 14.2 Å². The van der Waals surface area contributed by atoms with E-state index >= 15 is 0 Å². The standard InChI is InChI=1S/C24H22BrF3N5O3P/c1-3-36-37(35)11-10-14-4-6-15(7-5-14)30-23-29-12-17(24(26,27)28)21(32-23)31-19-9-8-18(25)16-13-33(2)22(34)20(16)19/h4-9,12H,3,10-11,13H2,1-2H3,(H-,29,30,31,32,34)/p+1. The molecule has 1 unspecified atom stereocenters. The first-order valence-corrected chi connectivity index (χ1v) is 13.4. The fourth-order valence-corrected chi connectivity index (χ4v) is 5.12. The van der Waals surface area contributed by atoms with Gasteiger partial charge in [-0.2, -0.15) is 18.2 Å². The van der Waals surface area contributed by atoms with E-state index in [2.05, 4.69) is 36.5 Å². The molecule has 4 rings (SSSR count). The molecule has 2 N–H and O–H groups in total. The Labute approximate surface area is 220 Å². The number of hydrogen-bond acceptors (Lipinski definition) is 7. The summed E-state index contributed by atoms with van der Waals surface area (Å²) in [6.45, 7) is 2.51. The van der Waals surface area contributed by atoms with Crippen molar-refractivity contribution in [2.24, 2.45) is 0 Å². The minimum absolute atomic E-state index is 0.0557. The van der Waals surface area contributed by atoms with Gasteiger partial charge in [0.15, 0.2) is 6.16 Å². The summed E-state index contributed by atoms with van der Waals surface area (Å²) in [6.07, 6.45) is -3.07. The highest BCUT2D eigenvalue weighted by molar-refractivity contribution is 9.10. The molecule has 1 aromatic heterocycles. The molecule has 1 atom stereocenters. The molecule has 194 valence electrons. The molecule has 0 saturated carbocycles. The summed E-state index contributed by atoms with van der Waals surface area (Å²) in [7, 11) is -0.0880. The van der Waals surface area contributed by atoms with Crippen LogP contribution in [0.1, 0.15) is 34.0 Å². The van der Waals surface area contributed by atoms with Crippen LogP contribution >= 0.6 is 24.0 Å². The van der Waals surface area contributed by atoms with Crippen molar-refractivity contribution in [3.05, 3.63) is 69.3 Å². The number of benzene rings is 2.